The molecule has 1 unspecified atom stereocenters. The third-order valence-electron chi connectivity index (χ3n) is 9.20. The lowest BCUT2D eigenvalue weighted by Gasteiger charge is -2.29. The van der Waals surface area contributed by atoms with Crippen molar-refractivity contribution in [3.63, 3.8) is 0 Å². The van der Waals surface area contributed by atoms with Gasteiger partial charge < -0.3 is 20.2 Å². The molecule has 3 amide bonds. The van der Waals surface area contributed by atoms with Gasteiger partial charge in [-0.15, -0.1) is 11.3 Å². The minimum absolute atomic E-state index is 0.0683. The number of aromatic hydroxyl groups is 1. The Morgan fingerprint density at radius 1 is 0.830 bits per heavy atom. The van der Waals surface area contributed by atoms with Crippen LogP contribution in [0.15, 0.2) is 115 Å². The van der Waals surface area contributed by atoms with Crippen molar-refractivity contribution in [3.05, 3.63) is 137 Å². The van der Waals surface area contributed by atoms with E-state index >= 15 is 0 Å². The smallest absolute Gasteiger partial charge is 0.256 e. The summed E-state index contributed by atoms with van der Waals surface area (Å²) in [5.74, 6) is -1.68. The summed E-state index contributed by atoms with van der Waals surface area (Å²) in [6, 6.07) is 30.8. The highest BCUT2D eigenvalue weighted by Crippen LogP contribution is 2.34. The molecule has 0 aliphatic carbocycles. The molecule has 0 saturated carbocycles. The predicted molar refractivity (Wildman–Crippen MR) is 180 cm³/mol. The molecule has 236 valence electrons. The van der Waals surface area contributed by atoms with Crippen LogP contribution in [0.4, 0.5) is 0 Å². The van der Waals surface area contributed by atoms with Gasteiger partial charge in [0.2, 0.25) is 11.8 Å². The zero-order valence-corrected chi connectivity index (χ0v) is 26.3. The lowest BCUT2D eigenvalue weighted by molar-refractivity contribution is -0.140. The van der Waals surface area contributed by atoms with Crippen LogP contribution in [0.2, 0.25) is 0 Å². The number of phenolic OH excluding ortho intramolecular Hbond substituents is 1. The molecule has 1 aromatic heterocycles. The molecule has 2 fully saturated rings. The van der Waals surface area contributed by atoms with E-state index in [4.69, 9.17) is 0 Å². The number of carbonyl (C=O) groups excluding carboxylic acids is 4. The number of carbonyl (C=O) groups is 4. The van der Waals surface area contributed by atoms with Gasteiger partial charge in [-0.25, -0.2) is 0 Å². The van der Waals surface area contributed by atoms with E-state index < -0.39 is 24.0 Å². The summed E-state index contributed by atoms with van der Waals surface area (Å²) in [7, 11) is 0. The van der Waals surface area contributed by atoms with Crippen LogP contribution in [0, 0.1) is 0 Å². The first-order valence-electron chi connectivity index (χ1n) is 15.7. The normalized spacial score (nSPS) is 18.0. The van der Waals surface area contributed by atoms with Gasteiger partial charge in [0.1, 0.15) is 17.8 Å². The minimum Gasteiger partial charge on any atom is -0.508 e. The molecule has 3 heterocycles. The van der Waals surface area contributed by atoms with Gasteiger partial charge in [0.15, 0.2) is 5.78 Å². The van der Waals surface area contributed by atoms with Crippen LogP contribution >= 0.6 is 11.3 Å². The van der Waals surface area contributed by atoms with Crippen molar-refractivity contribution in [2.24, 2.45) is 0 Å². The van der Waals surface area contributed by atoms with Crippen LogP contribution in [-0.2, 0) is 20.8 Å². The number of nitrogens with zero attached hydrogens (tertiary/aromatic N) is 2. The second kappa shape index (κ2) is 12.8. The van der Waals surface area contributed by atoms with Crippen molar-refractivity contribution in [1.82, 2.24) is 15.1 Å². The van der Waals surface area contributed by atoms with E-state index in [9.17, 15) is 24.3 Å². The molecule has 0 spiro atoms. The van der Waals surface area contributed by atoms with Crippen molar-refractivity contribution in [2.75, 3.05) is 13.1 Å². The molecule has 8 nitrogen and oxygen atoms in total. The fourth-order valence-electron chi connectivity index (χ4n) is 6.95. The van der Waals surface area contributed by atoms with Gasteiger partial charge in [0.05, 0.1) is 24.1 Å². The van der Waals surface area contributed by atoms with Crippen molar-refractivity contribution < 1.29 is 24.3 Å². The number of rotatable bonds is 8. The Bertz CT molecular complexity index is 1900. The molecule has 3 atom stereocenters. The van der Waals surface area contributed by atoms with Gasteiger partial charge in [-0.3, -0.25) is 19.2 Å². The topological polar surface area (TPSA) is 107 Å². The number of benzene rings is 4. The number of amides is 3. The predicted octanol–water partition coefficient (Wildman–Crippen LogP) is 5.16. The maximum atomic E-state index is 14.4. The van der Waals surface area contributed by atoms with Crippen molar-refractivity contribution in [3.8, 4) is 5.75 Å². The van der Waals surface area contributed by atoms with Crippen molar-refractivity contribution in [1.29, 1.82) is 0 Å². The van der Waals surface area contributed by atoms with E-state index in [-0.39, 0.29) is 48.8 Å². The molecule has 2 saturated heterocycles. The Kier molecular flexibility index (Phi) is 8.30. The van der Waals surface area contributed by atoms with Gasteiger partial charge in [-0.2, -0.15) is 0 Å². The SMILES string of the molecule is O=C(N[C@@H](Cc1ccc(O)cc1)C(=O)N1CCC2[C@H]1C(=O)CN2C(=O)c1csc2ccccc12)C(c1ccccc1)c1ccccc1. The van der Waals surface area contributed by atoms with Crippen LogP contribution in [0.5, 0.6) is 5.75 Å². The maximum absolute atomic E-state index is 14.4. The largest absolute Gasteiger partial charge is 0.508 e. The lowest BCUT2D eigenvalue weighted by Crippen LogP contribution is -2.54. The molecule has 0 radical (unpaired) electrons. The Balaban J connectivity index is 1.17. The molecule has 4 aromatic carbocycles. The van der Waals surface area contributed by atoms with Gasteiger partial charge in [-0.05, 0) is 41.3 Å². The molecule has 5 aromatic rings. The van der Waals surface area contributed by atoms with Gasteiger partial charge in [0.25, 0.3) is 5.91 Å². The number of ketones is 1. The van der Waals surface area contributed by atoms with E-state index in [0.29, 0.717) is 12.0 Å². The first-order chi connectivity index (χ1) is 22.9. The molecule has 47 heavy (non-hydrogen) atoms. The number of Topliss-reactive ketones (excluding diaryl/α,β-unsaturated/α-hetero) is 1. The average molecular weight is 644 g/mol. The number of phenols is 1. The van der Waals surface area contributed by atoms with Gasteiger partial charge in [0, 0.05) is 28.4 Å². The number of hydrogen-bond donors (Lipinski definition) is 2. The fraction of sp³-hybridized carbons (Fsp3) is 0.211. The zero-order chi connectivity index (χ0) is 32.5. The molecular weight excluding hydrogens is 611 g/mol. The van der Waals surface area contributed by atoms with E-state index in [1.807, 2.05) is 90.3 Å². The molecule has 2 aliphatic heterocycles. The first kappa shape index (κ1) is 30.4. The van der Waals surface area contributed by atoms with Gasteiger partial charge >= 0.3 is 0 Å². The van der Waals surface area contributed by atoms with E-state index in [1.54, 1.807) is 34.1 Å². The van der Waals surface area contributed by atoms with E-state index in [2.05, 4.69) is 5.32 Å². The highest BCUT2D eigenvalue weighted by molar-refractivity contribution is 7.17. The molecule has 0 bridgehead atoms. The number of hydrogen-bond acceptors (Lipinski definition) is 6. The summed E-state index contributed by atoms with van der Waals surface area (Å²) in [5.41, 5.74) is 2.88. The first-order valence-corrected chi connectivity index (χ1v) is 16.6. The molecular formula is C38H33N3O5S. The summed E-state index contributed by atoms with van der Waals surface area (Å²) in [5, 5.41) is 15.6. The van der Waals surface area contributed by atoms with Crippen LogP contribution in [-0.4, -0.2) is 69.6 Å². The minimum atomic E-state index is -0.987. The van der Waals surface area contributed by atoms with E-state index in [1.165, 1.54) is 11.3 Å². The standard InChI is InChI=1S/C38H33N3O5S/c42-27-17-15-24(16-18-27)21-30(39-36(44)34(25-9-3-1-4-10-25)26-11-5-2-6-12-26)38(46)40-20-19-31-35(40)32(43)22-41(31)37(45)29-23-47-33-14-8-7-13-28(29)33/h1-18,23,30-31,34-35,42H,19-22H2,(H,39,44)/t30-,31?,35-/m0/s1. The number of thiophene rings is 1. The third-order valence-corrected chi connectivity index (χ3v) is 10.2. The second-order valence-corrected chi connectivity index (χ2v) is 13.0. The van der Waals surface area contributed by atoms with Gasteiger partial charge in [-0.1, -0.05) is 91.0 Å². The molecule has 2 aliphatic rings. The highest BCUT2D eigenvalue weighted by Gasteiger charge is 2.52. The lowest BCUT2D eigenvalue weighted by atomic mass is 9.90. The van der Waals surface area contributed by atoms with Crippen LogP contribution in [0.3, 0.4) is 0 Å². The molecule has 7 rings (SSSR count). The zero-order valence-electron chi connectivity index (χ0n) is 25.5. The number of nitrogens with one attached hydrogen (secondary N) is 1. The highest BCUT2D eigenvalue weighted by atomic mass is 32.1. The molecule has 9 heteroatoms. The second-order valence-electron chi connectivity index (χ2n) is 12.1. The Morgan fingerprint density at radius 2 is 1.47 bits per heavy atom. The summed E-state index contributed by atoms with van der Waals surface area (Å²) in [6.07, 6.45) is 0.624. The van der Waals surface area contributed by atoms with Crippen LogP contribution in [0.25, 0.3) is 10.1 Å². The third kappa shape index (κ3) is 5.90. The average Bonchev–Trinajstić information content (AvgIpc) is 3.81. The summed E-state index contributed by atoms with van der Waals surface area (Å²) >= 11 is 1.49. The van der Waals surface area contributed by atoms with Crippen LogP contribution < -0.4 is 5.32 Å². The summed E-state index contributed by atoms with van der Waals surface area (Å²) in [4.78, 5) is 59.1. The Morgan fingerprint density at radius 3 is 2.15 bits per heavy atom. The fourth-order valence-corrected chi connectivity index (χ4v) is 7.88. The van der Waals surface area contributed by atoms with Crippen molar-refractivity contribution >= 4 is 44.9 Å². The Labute approximate surface area is 276 Å². The Hall–Kier alpha value is -5.28. The summed E-state index contributed by atoms with van der Waals surface area (Å²) < 4.78 is 0.998. The molecule has 2 N–H and O–H groups in total. The summed E-state index contributed by atoms with van der Waals surface area (Å²) in [6.45, 7) is 0.220. The van der Waals surface area contributed by atoms with Crippen molar-refractivity contribution in [2.45, 2.75) is 36.9 Å². The maximum Gasteiger partial charge on any atom is 0.256 e. The number of likely N-dealkylation sites (tertiary alicyclic amines) is 2. The van der Waals surface area contributed by atoms with E-state index in [0.717, 1.165) is 26.8 Å². The monoisotopic (exact) mass is 643 g/mol. The quantitative estimate of drug-likeness (QED) is 0.243. The van der Waals surface area contributed by atoms with Crippen LogP contribution in [0.1, 0.15) is 39.4 Å². The number of fused-ring (bicyclic) bond motifs is 2.